The van der Waals surface area contributed by atoms with E-state index in [1.54, 1.807) is 30.2 Å². The number of pyridine rings is 1. The third kappa shape index (κ3) is 9.70. The lowest BCUT2D eigenvalue weighted by Crippen LogP contribution is -2.18. The number of aromatic nitrogens is 3. The lowest BCUT2D eigenvalue weighted by molar-refractivity contribution is 0.344. The van der Waals surface area contributed by atoms with Gasteiger partial charge in [-0.05, 0) is 31.8 Å². The van der Waals surface area contributed by atoms with Crippen LogP contribution in [0.25, 0.3) is 0 Å². The number of anilines is 1. The number of furan rings is 1. The Morgan fingerprint density at radius 3 is 2.50 bits per heavy atom. The largest absolute Gasteiger partial charge is 0.464 e. The monoisotopic (exact) mass is 523 g/mol. The van der Waals surface area contributed by atoms with Crippen LogP contribution in [0.15, 0.2) is 50.7 Å². The van der Waals surface area contributed by atoms with Gasteiger partial charge in [-0.25, -0.2) is 4.98 Å². The second kappa shape index (κ2) is 15.0. The van der Waals surface area contributed by atoms with Gasteiger partial charge in [0.25, 0.3) is 5.56 Å². The molecule has 0 aliphatic rings. The van der Waals surface area contributed by atoms with Gasteiger partial charge < -0.3 is 19.6 Å². The van der Waals surface area contributed by atoms with Crippen LogP contribution in [0.1, 0.15) is 22.6 Å². The van der Waals surface area contributed by atoms with E-state index in [0.717, 1.165) is 35.1 Å². The van der Waals surface area contributed by atoms with Crippen LogP contribution < -0.4 is 16.4 Å². The first-order chi connectivity index (χ1) is 14.0. The zero-order valence-electron chi connectivity index (χ0n) is 17.8. The lowest BCUT2D eigenvalue weighted by atomic mass is 10.1. The topological polar surface area (TPSA) is 107 Å². The van der Waals surface area contributed by atoms with Crippen molar-refractivity contribution in [3.8, 4) is 0 Å². The number of hydrogen-bond donors (Lipinski definition) is 3. The Morgan fingerprint density at radius 1 is 1.09 bits per heavy atom. The Kier molecular flexibility index (Phi) is 14.1. The predicted molar refractivity (Wildman–Crippen MR) is 137 cm³/mol. The predicted octanol–water partition coefficient (Wildman–Crippen LogP) is 3.31. The molecule has 12 heteroatoms. The minimum Gasteiger partial charge on any atom is -0.464 e. The van der Waals surface area contributed by atoms with Crippen molar-refractivity contribution < 1.29 is 4.42 Å². The summed E-state index contributed by atoms with van der Waals surface area (Å²) in [6, 6.07) is 7.16. The van der Waals surface area contributed by atoms with Crippen LogP contribution >= 0.6 is 49.0 Å². The van der Waals surface area contributed by atoms with Crippen LogP contribution in [0.4, 0.5) is 5.95 Å². The van der Waals surface area contributed by atoms with Crippen molar-refractivity contribution in [1.29, 1.82) is 0 Å². The van der Waals surface area contributed by atoms with Crippen LogP contribution in [0.2, 0.25) is 0 Å². The molecule has 3 rings (SSSR count). The van der Waals surface area contributed by atoms with Crippen LogP contribution in [-0.2, 0) is 18.7 Å². The fourth-order valence-electron chi connectivity index (χ4n) is 2.72. The van der Waals surface area contributed by atoms with E-state index in [2.05, 4.69) is 25.2 Å². The van der Waals surface area contributed by atoms with Gasteiger partial charge in [0.1, 0.15) is 11.5 Å². The molecule has 0 amide bonds. The minimum atomic E-state index is -0.189. The van der Waals surface area contributed by atoms with Crippen molar-refractivity contribution in [3.63, 3.8) is 0 Å². The normalized spacial score (nSPS) is 10.1. The molecule has 0 fully saturated rings. The molecular weight excluding hydrogens is 497 g/mol. The van der Waals surface area contributed by atoms with E-state index in [9.17, 15) is 9.59 Å². The van der Waals surface area contributed by atoms with Crippen molar-refractivity contribution in [2.75, 3.05) is 31.7 Å². The van der Waals surface area contributed by atoms with Gasteiger partial charge in [0, 0.05) is 42.7 Å². The first-order valence-electron chi connectivity index (χ1n) is 9.29. The molecule has 178 valence electrons. The first-order valence-corrected chi connectivity index (χ1v) is 10.4. The molecule has 0 aliphatic heterocycles. The van der Waals surface area contributed by atoms with E-state index in [1.165, 1.54) is 6.07 Å². The van der Waals surface area contributed by atoms with Gasteiger partial charge in [-0.15, -0.1) is 37.2 Å². The molecule has 0 saturated heterocycles. The van der Waals surface area contributed by atoms with Crippen LogP contribution in [0.3, 0.4) is 0 Å². The highest BCUT2D eigenvalue weighted by Gasteiger charge is 2.06. The Hall–Kier alpha value is -1.91. The number of nitrogens with zero attached hydrogens (tertiary/aromatic N) is 2. The number of hydrogen-bond acceptors (Lipinski definition) is 7. The van der Waals surface area contributed by atoms with Crippen molar-refractivity contribution in [3.05, 3.63) is 80.0 Å². The summed E-state index contributed by atoms with van der Waals surface area (Å²) in [5.74, 6) is 4.04. The van der Waals surface area contributed by atoms with Gasteiger partial charge in [0.05, 0.1) is 12.3 Å². The molecule has 8 nitrogen and oxygen atoms in total. The molecule has 0 atom stereocenters. The second-order valence-electron chi connectivity index (χ2n) is 6.91. The van der Waals surface area contributed by atoms with Gasteiger partial charge in [-0.2, -0.15) is 11.8 Å². The second-order valence-corrected chi connectivity index (χ2v) is 8.01. The highest BCUT2D eigenvalue weighted by molar-refractivity contribution is 7.98. The average Bonchev–Trinajstić information content (AvgIpc) is 3.12. The molecule has 0 spiro atoms. The summed E-state index contributed by atoms with van der Waals surface area (Å²) < 4.78 is 5.78. The van der Waals surface area contributed by atoms with E-state index in [-0.39, 0.29) is 48.3 Å². The zero-order valence-corrected chi connectivity index (χ0v) is 21.0. The molecule has 3 N–H and O–H groups in total. The summed E-state index contributed by atoms with van der Waals surface area (Å²) in [6.07, 6.45) is 3.58. The van der Waals surface area contributed by atoms with Gasteiger partial charge >= 0.3 is 0 Å². The smallest absolute Gasteiger partial charge is 0.255 e. The Morgan fingerprint density at radius 2 is 1.84 bits per heavy atom. The summed E-state index contributed by atoms with van der Waals surface area (Å²) in [4.78, 5) is 35.0. The van der Waals surface area contributed by atoms with E-state index < -0.39 is 0 Å². The average molecular weight is 525 g/mol. The SMILES string of the molecule is CN(C)Cc1ccc(CSCCNc2ncc(Cc3ccc(=O)[nH]c3)c(=O)[nH]2)o1.Cl.Cl.Cl. The van der Waals surface area contributed by atoms with Gasteiger partial charge in [-0.3, -0.25) is 14.6 Å². The molecule has 0 bridgehead atoms. The maximum absolute atomic E-state index is 12.2. The zero-order chi connectivity index (χ0) is 20.6. The van der Waals surface area contributed by atoms with Gasteiger partial charge in [0.2, 0.25) is 11.5 Å². The molecule has 0 radical (unpaired) electrons. The molecular formula is C20H28Cl3N5O3S. The van der Waals surface area contributed by atoms with Crippen LogP contribution in [0, 0.1) is 0 Å². The van der Waals surface area contributed by atoms with Crippen molar-refractivity contribution in [2.24, 2.45) is 0 Å². The van der Waals surface area contributed by atoms with Crippen molar-refractivity contribution in [2.45, 2.75) is 18.7 Å². The lowest BCUT2D eigenvalue weighted by Gasteiger charge is -2.07. The van der Waals surface area contributed by atoms with Crippen LogP contribution in [0.5, 0.6) is 0 Å². The van der Waals surface area contributed by atoms with Crippen LogP contribution in [-0.4, -0.2) is 46.2 Å². The number of rotatable bonds is 10. The number of nitrogens with one attached hydrogen (secondary N) is 3. The quantitative estimate of drug-likeness (QED) is 0.349. The Balaban J connectivity index is 0.00000320. The first kappa shape index (κ1) is 30.1. The molecule has 32 heavy (non-hydrogen) atoms. The number of H-pyrrole nitrogens is 2. The summed E-state index contributed by atoms with van der Waals surface area (Å²) in [5.41, 5.74) is 1.04. The Labute approximate surface area is 209 Å². The van der Waals surface area contributed by atoms with E-state index in [4.69, 9.17) is 4.42 Å². The molecule has 0 aliphatic carbocycles. The molecule has 0 unspecified atom stereocenters. The van der Waals surface area contributed by atoms with E-state index >= 15 is 0 Å². The molecule has 0 saturated carbocycles. The molecule has 3 aromatic heterocycles. The fourth-order valence-corrected chi connectivity index (χ4v) is 3.47. The standard InChI is InChI=1S/C20H25N5O3S.3ClH/c1-25(2)12-16-4-5-17(28-16)13-29-8-7-21-20-23-11-15(19(27)24-20)9-14-3-6-18(26)22-10-14;;;/h3-6,10-11H,7-9,12-13H2,1-2H3,(H,22,26)(H2,21,23,24,27);3*1H. The summed E-state index contributed by atoms with van der Waals surface area (Å²) in [5, 5.41) is 3.13. The highest BCUT2D eigenvalue weighted by atomic mass is 35.5. The third-order valence-corrected chi connectivity index (χ3v) is 5.07. The summed E-state index contributed by atoms with van der Waals surface area (Å²) >= 11 is 1.75. The summed E-state index contributed by atoms with van der Waals surface area (Å²) in [7, 11) is 4.02. The molecule has 0 aromatic carbocycles. The summed E-state index contributed by atoms with van der Waals surface area (Å²) in [6.45, 7) is 1.47. The van der Waals surface area contributed by atoms with E-state index in [1.807, 2.05) is 26.2 Å². The third-order valence-electron chi connectivity index (χ3n) is 4.09. The number of halogens is 3. The molecule has 3 heterocycles. The van der Waals surface area contributed by atoms with Gasteiger partial charge in [0.15, 0.2) is 0 Å². The number of aromatic amines is 2. The van der Waals surface area contributed by atoms with Gasteiger partial charge in [-0.1, -0.05) is 6.07 Å². The number of thioether (sulfide) groups is 1. The maximum atomic E-state index is 12.2. The fraction of sp³-hybridized carbons (Fsp3) is 0.350. The van der Waals surface area contributed by atoms with E-state index in [0.29, 0.717) is 24.5 Å². The molecule has 3 aromatic rings. The van der Waals surface area contributed by atoms with Crippen molar-refractivity contribution in [1.82, 2.24) is 19.9 Å². The maximum Gasteiger partial charge on any atom is 0.255 e. The minimum absolute atomic E-state index is 0. The van der Waals surface area contributed by atoms with Crippen molar-refractivity contribution >= 4 is 54.9 Å². The highest BCUT2D eigenvalue weighted by Crippen LogP contribution is 2.16. The Bertz CT molecular complexity index is 1030.